The molecule has 1 aromatic heterocycles. The van der Waals surface area contributed by atoms with Crippen LogP contribution in [0.5, 0.6) is 0 Å². The molecule has 7 heteroatoms. The number of aromatic nitrogens is 2. The summed E-state index contributed by atoms with van der Waals surface area (Å²) in [6.45, 7) is 4.19. The average molecular weight is 461 g/mol. The Morgan fingerprint density at radius 1 is 1.03 bits per heavy atom. The van der Waals surface area contributed by atoms with Gasteiger partial charge in [-0.2, -0.15) is 4.98 Å². The summed E-state index contributed by atoms with van der Waals surface area (Å²) in [6, 6.07) is 17.2. The molecule has 7 nitrogen and oxygen atoms in total. The molecule has 0 saturated carbocycles. The Kier molecular flexibility index (Phi) is 7.72. The van der Waals surface area contributed by atoms with Crippen LogP contribution < -0.4 is 0 Å². The first kappa shape index (κ1) is 23.7. The minimum absolute atomic E-state index is 0.0751. The molecule has 2 amide bonds. The molecule has 1 aliphatic rings. The zero-order chi connectivity index (χ0) is 23.9. The van der Waals surface area contributed by atoms with E-state index < -0.39 is 0 Å². The van der Waals surface area contributed by atoms with Crippen molar-refractivity contribution in [2.75, 3.05) is 26.7 Å². The molecule has 0 spiro atoms. The second-order valence-electron chi connectivity index (χ2n) is 8.83. The first-order chi connectivity index (χ1) is 16.6. The van der Waals surface area contributed by atoms with E-state index in [0.717, 1.165) is 43.5 Å². The number of carbonyl (C=O) groups excluding carboxylic acids is 2. The van der Waals surface area contributed by atoms with E-state index in [1.807, 2.05) is 73.5 Å². The number of hydrogen-bond donors (Lipinski definition) is 0. The van der Waals surface area contributed by atoms with Gasteiger partial charge in [-0.05, 0) is 55.5 Å². The summed E-state index contributed by atoms with van der Waals surface area (Å²) in [4.78, 5) is 33.8. The lowest BCUT2D eigenvalue weighted by Gasteiger charge is -2.26. The van der Waals surface area contributed by atoms with Crippen LogP contribution in [0.3, 0.4) is 0 Å². The minimum atomic E-state index is -0.154. The van der Waals surface area contributed by atoms with E-state index in [9.17, 15) is 9.59 Å². The molecule has 3 aromatic rings. The monoisotopic (exact) mass is 460 g/mol. The van der Waals surface area contributed by atoms with E-state index in [0.29, 0.717) is 30.2 Å². The molecule has 0 radical (unpaired) electrons. The number of rotatable bonds is 8. The highest BCUT2D eigenvalue weighted by Gasteiger charge is 2.23. The quantitative estimate of drug-likeness (QED) is 0.492. The lowest BCUT2D eigenvalue weighted by atomic mass is 9.95. The minimum Gasteiger partial charge on any atom is -0.345 e. The summed E-state index contributed by atoms with van der Waals surface area (Å²) in [5.74, 6) is 0.975. The fraction of sp³-hybridized carbons (Fsp3) is 0.407. The number of carbonyl (C=O) groups is 2. The smallest absolute Gasteiger partial charge is 0.257 e. The van der Waals surface area contributed by atoms with Crippen LogP contribution >= 0.6 is 0 Å². The molecule has 1 fully saturated rings. The van der Waals surface area contributed by atoms with Gasteiger partial charge in [-0.25, -0.2) is 0 Å². The number of benzene rings is 2. The van der Waals surface area contributed by atoms with Crippen molar-refractivity contribution < 1.29 is 14.1 Å². The highest BCUT2D eigenvalue weighted by Crippen LogP contribution is 2.22. The first-order valence-electron chi connectivity index (χ1n) is 12.1. The Balaban J connectivity index is 1.34. The maximum absolute atomic E-state index is 13.0. The molecular weight excluding hydrogens is 428 g/mol. The summed E-state index contributed by atoms with van der Waals surface area (Å²) in [5, 5.41) is 4.08. The van der Waals surface area contributed by atoms with Crippen molar-refractivity contribution in [3.8, 4) is 11.5 Å². The van der Waals surface area contributed by atoms with Crippen LogP contribution in [-0.4, -0.2) is 58.4 Å². The summed E-state index contributed by atoms with van der Waals surface area (Å²) < 4.78 is 5.44. The Bertz CT molecular complexity index is 1090. The molecule has 4 rings (SSSR count). The van der Waals surface area contributed by atoms with Gasteiger partial charge in [0.2, 0.25) is 5.91 Å². The van der Waals surface area contributed by atoms with Crippen LogP contribution in [0.2, 0.25) is 0 Å². The topological polar surface area (TPSA) is 79.5 Å². The number of piperidine rings is 1. The third kappa shape index (κ3) is 5.53. The molecule has 1 aliphatic heterocycles. The molecule has 1 unspecified atom stereocenters. The van der Waals surface area contributed by atoms with Crippen LogP contribution in [-0.2, 0) is 11.2 Å². The number of amides is 2. The van der Waals surface area contributed by atoms with E-state index in [4.69, 9.17) is 4.52 Å². The Labute approximate surface area is 200 Å². The molecule has 1 atom stereocenters. The third-order valence-electron chi connectivity index (χ3n) is 6.45. The Hall–Kier alpha value is -3.48. The van der Waals surface area contributed by atoms with Gasteiger partial charge in [0.1, 0.15) is 0 Å². The summed E-state index contributed by atoms with van der Waals surface area (Å²) in [6.07, 6.45) is 4.58. The molecule has 2 heterocycles. The van der Waals surface area contributed by atoms with Gasteiger partial charge in [0, 0.05) is 44.2 Å². The van der Waals surface area contributed by atoms with Crippen LogP contribution in [0.15, 0.2) is 59.1 Å². The van der Waals surface area contributed by atoms with Crippen molar-refractivity contribution in [1.82, 2.24) is 19.9 Å². The van der Waals surface area contributed by atoms with Crippen molar-refractivity contribution >= 4 is 11.8 Å². The fourth-order valence-electron chi connectivity index (χ4n) is 4.39. The molecule has 178 valence electrons. The normalized spacial score (nSPS) is 14.6. The van der Waals surface area contributed by atoms with Gasteiger partial charge in [-0.3, -0.25) is 9.59 Å². The molecule has 0 N–H and O–H groups in total. The van der Waals surface area contributed by atoms with Gasteiger partial charge in [0.15, 0.2) is 5.82 Å². The average Bonchev–Trinajstić information content (AvgIpc) is 3.37. The largest absolute Gasteiger partial charge is 0.345 e. The highest BCUT2D eigenvalue weighted by molar-refractivity contribution is 5.94. The molecule has 34 heavy (non-hydrogen) atoms. The molecule has 0 bridgehead atoms. The van der Waals surface area contributed by atoms with Gasteiger partial charge in [0.25, 0.3) is 11.8 Å². The van der Waals surface area contributed by atoms with Gasteiger partial charge >= 0.3 is 0 Å². The van der Waals surface area contributed by atoms with Crippen LogP contribution in [0.1, 0.15) is 60.3 Å². The maximum atomic E-state index is 13.0. The highest BCUT2D eigenvalue weighted by atomic mass is 16.5. The Morgan fingerprint density at radius 2 is 1.74 bits per heavy atom. The lowest BCUT2D eigenvalue weighted by Crippen LogP contribution is -2.35. The molecular formula is C27H32N4O3. The number of likely N-dealkylation sites (tertiary alicyclic amines) is 1. The summed E-state index contributed by atoms with van der Waals surface area (Å²) in [5.41, 5.74) is 2.48. The second kappa shape index (κ2) is 11.1. The maximum Gasteiger partial charge on any atom is 0.257 e. The summed E-state index contributed by atoms with van der Waals surface area (Å²) >= 11 is 0. The second-order valence-corrected chi connectivity index (χ2v) is 8.83. The molecule has 0 aliphatic carbocycles. The Morgan fingerprint density at radius 3 is 2.41 bits per heavy atom. The van der Waals surface area contributed by atoms with E-state index in [-0.39, 0.29) is 17.7 Å². The van der Waals surface area contributed by atoms with Gasteiger partial charge in [-0.1, -0.05) is 42.4 Å². The van der Waals surface area contributed by atoms with Crippen LogP contribution in [0, 0.1) is 0 Å². The third-order valence-corrected chi connectivity index (χ3v) is 6.45. The van der Waals surface area contributed by atoms with E-state index in [1.54, 1.807) is 4.90 Å². The van der Waals surface area contributed by atoms with Crippen molar-refractivity contribution in [2.24, 2.45) is 0 Å². The van der Waals surface area contributed by atoms with E-state index in [2.05, 4.69) is 10.1 Å². The zero-order valence-corrected chi connectivity index (χ0v) is 19.9. The standard InChI is InChI=1S/C27H32N4O3/c1-3-23(20-10-6-4-7-11-20)27(33)30(2)19-16-24-28-25(34-29-24)21-12-14-22(15-13-21)26(32)31-17-8-5-9-18-31/h4,6-7,10-15,23H,3,5,8-9,16-19H2,1-2H3. The molecule has 2 aromatic carbocycles. The predicted molar refractivity (Wildman–Crippen MR) is 130 cm³/mol. The van der Waals surface area contributed by atoms with Gasteiger partial charge < -0.3 is 14.3 Å². The van der Waals surface area contributed by atoms with Crippen molar-refractivity contribution in [3.05, 3.63) is 71.5 Å². The first-order valence-corrected chi connectivity index (χ1v) is 12.1. The number of hydrogen-bond acceptors (Lipinski definition) is 5. The van der Waals surface area contributed by atoms with E-state index >= 15 is 0 Å². The van der Waals surface area contributed by atoms with Gasteiger partial charge in [0.05, 0.1) is 5.92 Å². The van der Waals surface area contributed by atoms with Crippen molar-refractivity contribution in [1.29, 1.82) is 0 Å². The lowest BCUT2D eigenvalue weighted by molar-refractivity contribution is -0.131. The predicted octanol–water partition coefficient (Wildman–Crippen LogP) is 4.56. The van der Waals surface area contributed by atoms with Crippen LogP contribution in [0.4, 0.5) is 0 Å². The van der Waals surface area contributed by atoms with Crippen LogP contribution in [0.25, 0.3) is 11.5 Å². The fourth-order valence-corrected chi connectivity index (χ4v) is 4.39. The number of nitrogens with zero attached hydrogens (tertiary/aromatic N) is 4. The molecule has 1 saturated heterocycles. The van der Waals surface area contributed by atoms with Gasteiger partial charge in [-0.15, -0.1) is 0 Å². The van der Waals surface area contributed by atoms with Crippen molar-refractivity contribution in [3.63, 3.8) is 0 Å². The number of likely N-dealkylation sites (N-methyl/N-ethyl adjacent to an activating group) is 1. The van der Waals surface area contributed by atoms with Crippen molar-refractivity contribution in [2.45, 2.75) is 44.9 Å². The zero-order valence-electron chi connectivity index (χ0n) is 19.9. The van der Waals surface area contributed by atoms with E-state index in [1.165, 1.54) is 6.42 Å². The summed E-state index contributed by atoms with van der Waals surface area (Å²) in [7, 11) is 1.81. The SMILES string of the molecule is CCC(C(=O)N(C)CCc1noc(-c2ccc(C(=O)N3CCCCC3)cc2)n1)c1ccccc1.